The summed E-state index contributed by atoms with van der Waals surface area (Å²) in [5, 5.41) is 11.3. The first-order valence-corrected chi connectivity index (χ1v) is 7.61. The number of nitrogens with zero attached hydrogens (tertiary/aromatic N) is 2. The predicted molar refractivity (Wildman–Crippen MR) is 81.8 cm³/mol. The van der Waals surface area contributed by atoms with Crippen LogP contribution in [0.15, 0.2) is 5.38 Å². The maximum atomic E-state index is 11.2. The van der Waals surface area contributed by atoms with E-state index in [1.54, 1.807) is 11.3 Å². The highest BCUT2D eigenvalue weighted by molar-refractivity contribution is 7.15. The van der Waals surface area contributed by atoms with Gasteiger partial charge in [0.15, 0.2) is 4.96 Å². The van der Waals surface area contributed by atoms with E-state index < -0.39 is 5.97 Å². The minimum Gasteiger partial charge on any atom is -0.481 e. The van der Waals surface area contributed by atoms with Crippen molar-refractivity contribution in [3.63, 3.8) is 0 Å². The van der Waals surface area contributed by atoms with E-state index in [0.717, 1.165) is 22.0 Å². The molecule has 0 aliphatic carbocycles. The van der Waals surface area contributed by atoms with Crippen LogP contribution in [0.4, 0.5) is 0 Å². The summed E-state index contributed by atoms with van der Waals surface area (Å²) < 4.78 is 2.04. The highest BCUT2D eigenvalue weighted by Crippen LogP contribution is 2.34. The van der Waals surface area contributed by atoms with Crippen LogP contribution in [0, 0.1) is 0 Å². The molecule has 2 heterocycles. The molecule has 0 aliphatic rings. The third-order valence-electron chi connectivity index (χ3n) is 3.26. The van der Waals surface area contributed by atoms with Gasteiger partial charge in [-0.3, -0.25) is 9.20 Å². The Morgan fingerprint density at radius 2 is 1.85 bits per heavy atom. The third kappa shape index (κ3) is 2.59. The van der Waals surface area contributed by atoms with Crippen LogP contribution < -0.4 is 0 Å². The Labute approximate surface area is 123 Å². The first-order valence-electron chi connectivity index (χ1n) is 6.73. The lowest BCUT2D eigenvalue weighted by Gasteiger charge is -2.21. The van der Waals surface area contributed by atoms with Crippen molar-refractivity contribution >= 4 is 22.3 Å². The SMILES string of the molecule is CC(C)(C)c1nc2scc(C(C)(C)C)n2c1CC(=O)O. The largest absolute Gasteiger partial charge is 0.481 e. The Hall–Kier alpha value is -1.36. The summed E-state index contributed by atoms with van der Waals surface area (Å²) in [6.07, 6.45) is 0.00752. The van der Waals surface area contributed by atoms with Gasteiger partial charge >= 0.3 is 5.97 Å². The Balaban J connectivity index is 2.78. The molecule has 0 atom stereocenters. The van der Waals surface area contributed by atoms with E-state index in [1.165, 1.54) is 0 Å². The van der Waals surface area contributed by atoms with E-state index in [1.807, 2.05) is 4.40 Å². The minimum absolute atomic E-state index is 0.00752. The van der Waals surface area contributed by atoms with Crippen LogP contribution in [0.5, 0.6) is 0 Å². The van der Waals surface area contributed by atoms with E-state index in [2.05, 4.69) is 51.9 Å². The Morgan fingerprint density at radius 3 is 2.30 bits per heavy atom. The molecule has 0 fully saturated rings. The first-order chi connectivity index (χ1) is 9.01. The molecule has 20 heavy (non-hydrogen) atoms. The number of hydrogen-bond donors (Lipinski definition) is 1. The Bertz CT molecular complexity index is 654. The van der Waals surface area contributed by atoms with Gasteiger partial charge in [0.2, 0.25) is 0 Å². The second kappa shape index (κ2) is 4.58. The molecule has 0 amide bonds. The van der Waals surface area contributed by atoms with Crippen LogP contribution in [0.25, 0.3) is 4.96 Å². The molecule has 0 unspecified atom stereocenters. The van der Waals surface area contributed by atoms with Crippen LogP contribution >= 0.6 is 11.3 Å². The lowest BCUT2D eigenvalue weighted by Crippen LogP contribution is -2.20. The summed E-state index contributed by atoms with van der Waals surface area (Å²) >= 11 is 1.58. The van der Waals surface area contributed by atoms with Crippen molar-refractivity contribution in [1.82, 2.24) is 9.38 Å². The highest BCUT2D eigenvalue weighted by atomic mass is 32.1. The normalized spacial score (nSPS) is 13.1. The molecule has 5 heteroatoms. The molecule has 4 nitrogen and oxygen atoms in total. The van der Waals surface area contributed by atoms with Gasteiger partial charge in [0.05, 0.1) is 17.8 Å². The lowest BCUT2D eigenvalue weighted by atomic mass is 9.89. The quantitative estimate of drug-likeness (QED) is 0.920. The molecule has 2 rings (SSSR count). The molecule has 0 bridgehead atoms. The number of fused-ring (bicyclic) bond motifs is 1. The van der Waals surface area contributed by atoms with Gasteiger partial charge in [0.25, 0.3) is 0 Å². The van der Waals surface area contributed by atoms with Crippen molar-refractivity contribution in [2.75, 3.05) is 0 Å². The van der Waals surface area contributed by atoms with E-state index in [-0.39, 0.29) is 17.3 Å². The van der Waals surface area contributed by atoms with E-state index in [4.69, 9.17) is 0 Å². The standard InChI is InChI=1S/C15H22N2O2S/c1-14(2,3)10-8-20-13-16-12(15(4,5)6)9(17(10)13)7-11(18)19/h8H,7H2,1-6H3,(H,18,19). The molecule has 0 saturated heterocycles. The zero-order chi connectivity index (χ0) is 15.3. The number of aromatic nitrogens is 2. The third-order valence-corrected chi connectivity index (χ3v) is 4.08. The van der Waals surface area contributed by atoms with Crippen molar-refractivity contribution < 1.29 is 9.90 Å². The van der Waals surface area contributed by atoms with E-state index in [9.17, 15) is 9.90 Å². The molecule has 0 radical (unpaired) electrons. The molecule has 0 aromatic carbocycles. The predicted octanol–water partition coefficient (Wildman–Crippen LogP) is 3.62. The molecule has 0 aliphatic heterocycles. The van der Waals surface area contributed by atoms with Gasteiger partial charge in [-0.25, -0.2) is 4.98 Å². The van der Waals surface area contributed by atoms with Gasteiger partial charge < -0.3 is 5.11 Å². The van der Waals surface area contributed by atoms with Crippen LogP contribution in [-0.2, 0) is 22.0 Å². The second-order valence-corrected chi connectivity index (χ2v) is 8.05. The average molecular weight is 294 g/mol. The molecule has 1 N–H and O–H groups in total. The number of rotatable bonds is 2. The van der Waals surface area contributed by atoms with Crippen LogP contribution in [-0.4, -0.2) is 20.5 Å². The number of carbonyl (C=O) groups is 1. The van der Waals surface area contributed by atoms with Crippen molar-refractivity contribution in [3.05, 3.63) is 22.5 Å². The number of carboxylic acids is 1. The maximum absolute atomic E-state index is 11.2. The van der Waals surface area contributed by atoms with E-state index in [0.29, 0.717) is 0 Å². The number of aliphatic carboxylic acids is 1. The summed E-state index contributed by atoms with van der Waals surface area (Å²) in [6, 6.07) is 0. The summed E-state index contributed by atoms with van der Waals surface area (Å²) in [7, 11) is 0. The zero-order valence-corrected chi connectivity index (χ0v) is 13.8. The number of hydrogen-bond acceptors (Lipinski definition) is 3. The first kappa shape index (κ1) is 15.0. The Kier molecular flexibility index (Phi) is 3.45. The molecular formula is C15H22N2O2S. The van der Waals surface area contributed by atoms with Crippen LogP contribution in [0.1, 0.15) is 58.6 Å². The van der Waals surface area contributed by atoms with Gasteiger partial charge in [-0.1, -0.05) is 41.5 Å². The fourth-order valence-corrected chi connectivity index (χ4v) is 3.47. The number of imidazole rings is 1. The van der Waals surface area contributed by atoms with Crippen LogP contribution in [0.2, 0.25) is 0 Å². The van der Waals surface area contributed by atoms with Crippen LogP contribution in [0.3, 0.4) is 0 Å². The van der Waals surface area contributed by atoms with Gasteiger partial charge in [0.1, 0.15) is 0 Å². The number of thiazole rings is 1. The molecule has 2 aromatic rings. The molecule has 2 aromatic heterocycles. The number of carboxylic acid groups (broad SMARTS) is 1. The molecular weight excluding hydrogens is 272 g/mol. The molecule has 0 spiro atoms. The maximum Gasteiger partial charge on any atom is 0.309 e. The smallest absolute Gasteiger partial charge is 0.309 e. The fourth-order valence-electron chi connectivity index (χ4n) is 2.34. The van der Waals surface area contributed by atoms with Crippen molar-refractivity contribution in [3.8, 4) is 0 Å². The van der Waals surface area contributed by atoms with Crippen molar-refractivity contribution in [2.45, 2.75) is 58.8 Å². The fraction of sp³-hybridized carbons (Fsp3) is 0.600. The van der Waals surface area contributed by atoms with E-state index >= 15 is 0 Å². The van der Waals surface area contributed by atoms with Crippen molar-refractivity contribution in [1.29, 1.82) is 0 Å². The zero-order valence-electron chi connectivity index (χ0n) is 12.9. The van der Waals surface area contributed by atoms with Crippen molar-refractivity contribution in [2.24, 2.45) is 0 Å². The Morgan fingerprint density at radius 1 is 1.25 bits per heavy atom. The average Bonchev–Trinajstić information content (AvgIpc) is 2.75. The summed E-state index contributed by atoms with van der Waals surface area (Å²) in [4.78, 5) is 16.8. The van der Waals surface area contributed by atoms with Gasteiger partial charge in [-0.2, -0.15) is 0 Å². The highest BCUT2D eigenvalue weighted by Gasteiger charge is 2.29. The topological polar surface area (TPSA) is 54.6 Å². The van der Waals surface area contributed by atoms with Gasteiger partial charge in [-0.15, -0.1) is 11.3 Å². The minimum atomic E-state index is -0.816. The summed E-state index contributed by atoms with van der Waals surface area (Å²) in [5.41, 5.74) is 2.62. The monoisotopic (exact) mass is 294 g/mol. The van der Waals surface area contributed by atoms with Gasteiger partial charge in [0, 0.05) is 21.9 Å². The summed E-state index contributed by atoms with van der Waals surface area (Å²) in [6.45, 7) is 12.6. The van der Waals surface area contributed by atoms with Gasteiger partial charge in [-0.05, 0) is 0 Å². The molecule has 0 saturated carbocycles. The second-order valence-electron chi connectivity index (χ2n) is 7.22. The summed E-state index contributed by atoms with van der Waals surface area (Å²) in [5.74, 6) is -0.816. The lowest BCUT2D eigenvalue weighted by molar-refractivity contribution is -0.136. The molecule has 110 valence electrons.